The number of H-pyrrole nitrogens is 1. The average Bonchev–Trinajstić information content (AvgIpc) is 3.59. The van der Waals surface area contributed by atoms with E-state index in [0.29, 0.717) is 11.4 Å². The molecule has 216 valence electrons. The smallest absolute Gasteiger partial charge is 0.188 e. The Bertz CT molecular complexity index is 1880. The Labute approximate surface area is 276 Å². The lowest BCUT2D eigenvalue weighted by Crippen LogP contribution is -1.97. The van der Waals surface area contributed by atoms with Crippen molar-refractivity contribution in [2.45, 2.75) is 11.9 Å². The SMILES string of the molecule is COc1ccc(CBr)cc1.[C-]#[N+]c1ccc2[nH]cc(Br)c2c1.[C-]#[N+]c1ccc2c(c1)c(Br)cn2Cc1ccc(OC)cc1. The normalized spacial score (nSPS) is 10.1. The molecule has 0 aliphatic heterocycles. The van der Waals surface area contributed by atoms with Crippen LogP contribution in [0.4, 0.5) is 11.4 Å². The maximum absolute atomic E-state index is 7.11. The van der Waals surface area contributed by atoms with E-state index in [9.17, 15) is 0 Å². The first-order valence-corrected chi connectivity index (χ1v) is 15.7. The summed E-state index contributed by atoms with van der Waals surface area (Å²) in [4.78, 5) is 9.93. The second kappa shape index (κ2) is 15.5. The van der Waals surface area contributed by atoms with Crippen molar-refractivity contribution < 1.29 is 9.47 Å². The molecule has 0 saturated heterocycles. The predicted octanol–water partition coefficient (Wildman–Crippen LogP) is 11.1. The third kappa shape index (κ3) is 8.30. The van der Waals surface area contributed by atoms with Crippen LogP contribution in [-0.4, -0.2) is 23.8 Å². The maximum atomic E-state index is 7.11. The Morgan fingerprint density at radius 2 is 1.28 bits per heavy atom. The number of benzene rings is 4. The van der Waals surface area contributed by atoms with Crippen LogP contribution >= 0.6 is 47.8 Å². The molecular formula is C34H27Br3N4O2. The topological polar surface area (TPSA) is 47.9 Å². The predicted molar refractivity (Wildman–Crippen MR) is 186 cm³/mol. The summed E-state index contributed by atoms with van der Waals surface area (Å²) in [5.74, 6) is 1.77. The van der Waals surface area contributed by atoms with Gasteiger partial charge in [0.15, 0.2) is 11.4 Å². The molecule has 43 heavy (non-hydrogen) atoms. The van der Waals surface area contributed by atoms with E-state index in [1.54, 1.807) is 20.3 Å². The van der Waals surface area contributed by atoms with E-state index in [4.69, 9.17) is 22.6 Å². The minimum Gasteiger partial charge on any atom is -0.497 e. The third-order valence-electron chi connectivity index (χ3n) is 6.51. The Balaban J connectivity index is 0.000000163. The van der Waals surface area contributed by atoms with Gasteiger partial charge < -0.3 is 19.0 Å². The van der Waals surface area contributed by atoms with E-state index < -0.39 is 0 Å². The van der Waals surface area contributed by atoms with Gasteiger partial charge >= 0.3 is 0 Å². The van der Waals surface area contributed by atoms with Gasteiger partial charge in [-0.15, -0.1) is 0 Å². The number of halogens is 3. The molecule has 0 radical (unpaired) electrons. The second-order valence-corrected chi connectivity index (χ2v) is 11.5. The fourth-order valence-electron chi connectivity index (χ4n) is 4.23. The van der Waals surface area contributed by atoms with Crippen LogP contribution in [-0.2, 0) is 11.9 Å². The maximum Gasteiger partial charge on any atom is 0.188 e. The Morgan fingerprint density at radius 1 is 0.721 bits per heavy atom. The van der Waals surface area contributed by atoms with Gasteiger partial charge in [0.2, 0.25) is 0 Å². The molecule has 0 amide bonds. The highest BCUT2D eigenvalue weighted by molar-refractivity contribution is 9.11. The van der Waals surface area contributed by atoms with Gasteiger partial charge in [0.25, 0.3) is 0 Å². The van der Waals surface area contributed by atoms with E-state index in [0.717, 1.165) is 54.1 Å². The molecule has 0 aliphatic carbocycles. The lowest BCUT2D eigenvalue weighted by molar-refractivity contribution is 0.414. The standard InChI is InChI=1S/C17H13BrN2O.C9H5BrN2.C8H9BrO/c1-19-13-5-8-17-15(9-13)16(18)11-20(17)10-12-3-6-14(21-2)7-4-12;1-11-6-2-3-9-7(4-6)8(10)5-12-9;1-10-8-4-2-7(6-9)3-5-8/h3-9,11H,10H2,2H3;2-5,12H;2-5H,6H2,1H3. The van der Waals surface area contributed by atoms with Crippen LogP contribution in [0.2, 0.25) is 0 Å². The van der Waals surface area contributed by atoms with Crippen molar-refractivity contribution in [2.24, 2.45) is 0 Å². The number of hydrogen-bond acceptors (Lipinski definition) is 2. The lowest BCUT2D eigenvalue weighted by Gasteiger charge is -2.07. The zero-order valence-corrected chi connectivity index (χ0v) is 28.2. The van der Waals surface area contributed by atoms with Gasteiger partial charge in [-0.05, 0) is 91.5 Å². The van der Waals surface area contributed by atoms with Crippen molar-refractivity contribution in [1.29, 1.82) is 0 Å². The highest BCUT2D eigenvalue weighted by atomic mass is 79.9. The molecule has 0 bridgehead atoms. The number of aromatic nitrogens is 2. The highest BCUT2D eigenvalue weighted by Crippen LogP contribution is 2.31. The number of methoxy groups -OCH3 is 2. The summed E-state index contributed by atoms with van der Waals surface area (Å²) in [6, 6.07) is 27.4. The van der Waals surface area contributed by atoms with Gasteiger partial charge in [-0.1, -0.05) is 52.3 Å². The third-order valence-corrected chi connectivity index (χ3v) is 8.45. The number of fused-ring (bicyclic) bond motifs is 2. The van der Waals surface area contributed by atoms with Crippen LogP contribution < -0.4 is 9.47 Å². The van der Waals surface area contributed by atoms with Gasteiger partial charge in [-0.2, -0.15) is 0 Å². The van der Waals surface area contributed by atoms with Gasteiger partial charge in [-0.3, -0.25) is 0 Å². The fourth-order valence-corrected chi connectivity index (χ4v) is 5.61. The average molecular weight is 763 g/mol. The van der Waals surface area contributed by atoms with Crippen molar-refractivity contribution in [2.75, 3.05) is 14.2 Å². The van der Waals surface area contributed by atoms with Crippen LogP contribution in [0.1, 0.15) is 11.1 Å². The zero-order valence-electron chi connectivity index (χ0n) is 23.4. The number of nitrogens with one attached hydrogen (secondary N) is 1. The Hall–Kier alpha value is -4.02. The Kier molecular flexibility index (Phi) is 11.5. The molecule has 4 aromatic carbocycles. The van der Waals surface area contributed by atoms with Crippen LogP contribution in [0.25, 0.3) is 31.5 Å². The minimum atomic E-state index is 0.658. The minimum absolute atomic E-state index is 0.658. The number of nitrogens with zero attached hydrogens (tertiary/aromatic N) is 3. The van der Waals surface area contributed by atoms with Crippen LogP contribution in [0.3, 0.4) is 0 Å². The Morgan fingerprint density at radius 3 is 1.84 bits per heavy atom. The summed E-state index contributed by atoms with van der Waals surface area (Å²) < 4.78 is 14.4. The van der Waals surface area contributed by atoms with E-state index in [-0.39, 0.29) is 0 Å². The van der Waals surface area contributed by atoms with Gasteiger partial charge in [0.1, 0.15) is 11.5 Å². The molecule has 6 nitrogen and oxygen atoms in total. The van der Waals surface area contributed by atoms with Crippen LogP contribution in [0.5, 0.6) is 11.5 Å². The molecule has 6 aromatic rings. The molecule has 6 rings (SSSR count). The first kappa shape index (κ1) is 31.9. The van der Waals surface area contributed by atoms with Crippen molar-refractivity contribution in [3.8, 4) is 11.5 Å². The number of aromatic amines is 1. The van der Waals surface area contributed by atoms with Crippen molar-refractivity contribution in [1.82, 2.24) is 9.55 Å². The van der Waals surface area contributed by atoms with Crippen molar-refractivity contribution in [3.63, 3.8) is 0 Å². The monoisotopic (exact) mass is 760 g/mol. The fraction of sp³-hybridized carbons (Fsp3) is 0.118. The molecule has 2 heterocycles. The van der Waals surface area contributed by atoms with Crippen LogP contribution in [0.15, 0.2) is 106 Å². The molecule has 0 fully saturated rings. The molecule has 9 heteroatoms. The first-order chi connectivity index (χ1) is 20.9. The number of ether oxygens (including phenoxy) is 2. The molecule has 1 N–H and O–H groups in total. The highest BCUT2D eigenvalue weighted by Gasteiger charge is 2.08. The van der Waals surface area contributed by atoms with E-state index in [2.05, 4.69) is 85.4 Å². The largest absolute Gasteiger partial charge is 0.497 e. The number of hydrogen-bond donors (Lipinski definition) is 1. The lowest BCUT2D eigenvalue weighted by atomic mass is 10.2. The first-order valence-electron chi connectivity index (χ1n) is 13.0. The zero-order chi connectivity index (χ0) is 30.8. The molecular weight excluding hydrogens is 736 g/mol. The van der Waals surface area contributed by atoms with E-state index in [1.807, 2.05) is 72.9 Å². The second-order valence-electron chi connectivity index (χ2n) is 9.23. The van der Waals surface area contributed by atoms with Gasteiger partial charge in [-0.25, -0.2) is 9.69 Å². The quantitative estimate of drug-likeness (QED) is 0.140. The van der Waals surface area contributed by atoms with Crippen LogP contribution in [0, 0.1) is 13.1 Å². The summed E-state index contributed by atoms with van der Waals surface area (Å²) in [7, 11) is 3.34. The van der Waals surface area contributed by atoms with E-state index >= 15 is 0 Å². The molecule has 2 aromatic heterocycles. The van der Waals surface area contributed by atoms with Crippen molar-refractivity contribution in [3.05, 3.63) is 140 Å². The molecule has 0 spiro atoms. The summed E-state index contributed by atoms with van der Waals surface area (Å²) in [6.45, 7) is 14.7. The summed E-state index contributed by atoms with van der Waals surface area (Å²) in [5.41, 5.74) is 5.96. The van der Waals surface area contributed by atoms with Gasteiger partial charge in [0, 0.05) is 55.0 Å². The van der Waals surface area contributed by atoms with Gasteiger partial charge in [0.05, 0.1) is 27.4 Å². The summed E-state index contributed by atoms with van der Waals surface area (Å²) in [5, 5.41) is 3.03. The number of alkyl halides is 1. The molecule has 0 unspecified atom stereocenters. The molecule has 0 saturated carbocycles. The molecule has 0 aliphatic rings. The molecule has 0 atom stereocenters. The van der Waals surface area contributed by atoms with E-state index in [1.165, 1.54) is 11.1 Å². The summed E-state index contributed by atoms with van der Waals surface area (Å²) >= 11 is 10.3. The summed E-state index contributed by atoms with van der Waals surface area (Å²) in [6.07, 6.45) is 3.93. The van der Waals surface area contributed by atoms with Crippen molar-refractivity contribution >= 4 is 81.0 Å². The number of rotatable bonds is 5.